The zero-order valence-electron chi connectivity index (χ0n) is 9.64. The lowest BCUT2D eigenvalue weighted by atomic mass is 10.1. The molecule has 0 bridgehead atoms. The molecule has 1 aromatic heterocycles. The van der Waals surface area contributed by atoms with Gasteiger partial charge in [0.1, 0.15) is 6.54 Å². The van der Waals surface area contributed by atoms with Gasteiger partial charge in [0, 0.05) is 17.9 Å². The number of hydrogen-bond donors (Lipinski definition) is 1. The molecule has 2 heterocycles. The molecular formula is C11H17N3OS. The molecule has 0 aliphatic carbocycles. The molecule has 1 aliphatic rings. The van der Waals surface area contributed by atoms with Crippen LogP contribution in [0.15, 0.2) is 21.8 Å². The van der Waals surface area contributed by atoms with E-state index in [4.69, 9.17) is 4.52 Å². The van der Waals surface area contributed by atoms with E-state index in [1.54, 1.807) is 18.0 Å². The third-order valence-corrected chi connectivity index (χ3v) is 3.46. The Hall–Kier alpha value is -0.970. The van der Waals surface area contributed by atoms with Crippen LogP contribution in [-0.4, -0.2) is 22.1 Å². The molecule has 88 valence electrons. The average Bonchev–Trinajstić information content (AvgIpc) is 2.84. The number of hydrogen-bond acceptors (Lipinski definition) is 4. The fraction of sp³-hybridized carbons (Fsp3) is 0.636. The van der Waals surface area contributed by atoms with Gasteiger partial charge in [-0.05, 0) is 12.3 Å². The van der Waals surface area contributed by atoms with Crippen molar-refractivity contribution in [2.75, 3.05) is 5.75 Å². The Morgan fingerprint density at radius 3 is 3.25 bits per heavy atom. The Bertz CT molecular complexity index is 348. The van der Waals surface area contributed by atoms with Crippen molar-refractivity contribution in [1.82, 2.24) is 10.5 Å². The topological polar surface area (TPSA) is 50.4 Å². The highest BCUT2D eigenvalue weighted by Crippen LogP contribution is 2.19. The van der Waals surface area contributed by atoms with E-state index < -0.39 is 0 Å². The second kappa shape index (κ2) is 5.39. The van der Waals surface area contributed by atoms with Crippen LogP contribution in [-0.2, 0) is 6.54 Å². The molecule has 1 aliphatic heterocycles. The van der Waals surface area contributed by atoms with E-state index in [0.29, 0.717) is 12.6 Å². The molecule has 1 unspecified atom stereocenters. The molecule has 5 heteroatoms. The summed E-state index contributed by atoms with van der Waals surface area (Å²) in [5, 5.41) is 8.12. The molecule has 1 saturated heterocycles. The highest BCUT2D eigenvalue weighted by atomic mass is 32.2. The van der Waals surface area contributed by atoms with Gasteiger partial charge in [0.05, 0.1) is 6.20 Å². The first-order chi connectivity index (χ1) is 7.74. The van der Waals surface area contributed by atoms with Crippen LogP contribution < -0.4 is 5.32 Å². The minimum Gasteiger partial charge on any atom is -0.361 e. The largest absolute Gasteiger partial charge is 0.361 e. The van der Waals surface area contributed by atoms with E-state index in [1.807, 2.05) is 6.07 Å². The first-order valence-corrected chi connectivity index (χ1v) is 6.56. The number of rotatable bonds is 4. The van der Waals surface area contributed by atoms with E-state index in [9.17, 15) is 0 Å². The number of nitrogens with one attached hydrogen (secondary N) is 1. The van der Waals surface area contributed by atoms with E-state index in [-0.39, 0.29) is 0 Å². The van der Waals surface area contributed by atoms with E-state index >= 15 is 0 Å². The van der Waals surface area contributed by atoms with Crippen LogP contribution in [0.3, 0.4) is 0 Å². The third-order valence-electron chi connectivity index (χ3n) is 2.37. The molecular weight excluding hydrogens is 222 g/mol. The van der Waals surface area contributed by atoms with Crippen molar-refractivity contribution in [1.29, 1.82) is 0 Å². The van der Waals surface area contributed by atoms with Crippen LogP contribution >= 0.6 is 11.8 Å². The molecule has 1 atom stereocenters. The summed E-state index contributed by atoms with van der Waals surface area (Å²) in [6, 6.07) is 2.41. The fourth-order valence-corrected chi connectivity index (χ4v) is 2.68. The van der Waals surface area contributed by atoms with Crippen LogP contribution in [0.25, 0.3) is 0 Å². The Morgan fingerprint density at radius 1 is 1.69 bits per heavy atom. The Morgan fingerprint density at radius 2 is 2.56 bits per heavy atom. The van der Waals surface area contributed by atoms with Crippen molar-refractivity contribution in [3.8, 4) is 0 Å². The molecule has 0 aromatic carbocycles. The lowest BCUT2D eigenvalue weighted by Gasteiger charge is -2.11. The predicted molar refractivity (Wildman–Crippen MR) is 66.5 cm³/mol. The summed E-state index contributed by atoms with van der Waals surface area (Å²) in [4.78, 5) is 4.46. The van der Waals surface area contributed by atoms with Crippen LogP contribution in [0.4, 0.5) is 0 Å². The second-order valence-electron chi connectivity index (χ2n) is 4.38. The van der Waals surface area contributed by atoms with Gasteiger partial charge in [-0.15, -0.1) is 0 Å². The molecule has 1 fully saturated rings. The molecule has 1 aromatic rings. The van der Waals surface area contributed by atoms with Crippen LogP contribution in [0.2, 0.25) is 0 Å². The summed E-state index contributed by atoms with van der Waals surface area (Å²) in [5.74, 6) is 2.65. The van der Waals surface area contributed by atoms with Gasteiger partial charge in [-0.25, -0.2) is 0 Å². The summed E-state index contributed by atoms with van der Waals surface area (Å²) in [5.41, 5.74) is 0. The van der Waals surface area contributed by atoms with Crippen molar-refractivity contribution < 1.29 is 4.52 Å². The number of amidine groups is 1. The summed E-state index contributed by atoms with van der Waals surface area (Å²) in [6.45, 7) is 5.07. The lowest BCUT2D eigenvalue weighted by Crippen LogP contribution is -2.28. The normalized spacial score (nSPS) is 22.9. The van der Waals surface area contributed by atoms with Crippen molar-refractivity contribution in [3.63, 3.8) is 0 Å². The molecule has 16 heavy (non-hydrogen) atoms. The zero-order valence-corrected chi connectivity index (χ0v) is 10.5. The first-order valence-electron chi connectivity index (χ1n) is 5.57. The Labute approximate surface area is 99.9 Å². The molecule has 0 amide bonds. The van der Waals surface area contributed by atoms with Crippen LogP contribution in [0.1, 0.15) is 26.0 Å². The lowest BCUT2D eigenvalue weighted by molar-refractivity contribution is 0.385. The summed E-state index contributed by atoms with van der Waals surface area (Å²) in [7, 11) is 0. The maximum atomic E-state index is 4.99. The van der Waals surface area contributed by atoms with Crippen molar-refractivity contribution >= 4 is 16.9 Å². The van der Waals surface area contributed by atoms with Crippen molar-refractivity contribution in [2.45, 2.75) is 32.9 Å². The predicted octanol–water partition coefficient (Wildman–Crippen LogP) is 2.28. The Kier molecular flexibility index (Phi) is 3.88. The molecule has 4 nitrogen and oxygen atoms in total. The second-order valence-corrected chi connectivity index (χ2v) is 5.39. The molecule has 0 spiro atoms. The quantitative estimate of drug-likeness (QED) is 0.875. The van der Waals surface area contributed by atoms with E-state index in [1.165, 1.54) is 6.42 Å². The standard InChI is InChI=1S/C11H17N3OS/c1-8(2)5-9-7-16-11(14-9)12-6-10-3-4-13-15-10/h3-4,8-9H,5-7H2,1-2H3,(H,12,14). The maximum absolute atomic E-state index is 4.99. The SMILES string of the molecule is CC(C)CC1CSC(=NCc2ccno2)N1. The van der Waals surface area contributed by atoms with Gasteiger partial charge < -0.3 is 9.84 Å². The third kappa shape index (κ3) is 3.27. The summed E-state index contributed by atoms with van der Waals surface area (Å²) in [6.07, 6.45) is 2.85. The zero-order chi connectivity index (χ0) is 11.4. The van der Waals surface area contributed by atoms with Gasteiger partial charge in [-0.3, -0.25) is 4.99 Å². The smallest absolute Gasteiger partial charge is 0.158 e. The minimum absolute atomic E-state index is 0.568. The summed E-state index contributed by atoms with van der Waals surface area (Å²) >= 11 is 1.79. The fourth-order valence-electron chi connectivity index (χ4n) is 1.70. The van der Waals surface area contributed by atoms with Gasteiger partial charge in [0.2, 0.25) is 0 Å². The number of thioether (sulfide) groups is 1. The average molecular weight is 239 g/mol. The van der Waals surface area contributed by atoms with Crippen molar-refractivity contribution in [3.05, 3.63) is 18.0 Å². The van der Waals surface area contributed by atoms with E-state index in [2.05, 4.69) is 29.3 Å². The van der Waals surface area contributed by atoms with Crippen LogP contribution in [0.5, 0.6) is 0 Å². The Balaban J connectivity index is 1.81. The van der Waals surface area contributed by atoms with Crippen LogP contribution in [0, 0.1) is 5.92 Å². The maximum Gasteiger partial charge on any atom is 0.158 e. The number of aromatic nitrogens is 1. The van der Waals surface area contributed by atoms with E-state index in [0.717, 1.165) is 22.6 Å². The number of aliphatic imine (C=N–C) groups is 1. The van der Waals surface area contributed by atoms with Crippen molar-refractivity contribution in [2.24, 2.45) is 10.9 Å². The van der Waals surface area contributed by atoms with Gasteiger partial charge in [-0.1, -0.05) is 30.8 Å². The number of nitrogens with zero attached hydrogens (tertiary/aromatic N) is 2. The van der Waals surface area contributed by atoms with Gasteiger partial charge in [-0.2, -0.15) is 0 Å². The monoisotopic (exact) mass is 239 g/mol. The van der Waals surface area contributed by atoms with Gasteiger partial charge in [0.25, 0.3) is 0 Å². The highest BCUT2D eigenvalue weighted by Gasteiger charge is 2.20. The molecule has 2 rings (SSSR count). The first kappa shape index (κ1) is 11.5. The highest BCUT2D eigenvalue weighted by molar-refractivity contribution is 8.14. The summed E-state index contributed by atoms with van der Waals surface area (Å²) < 4.78 is 4.99. The minimum atomic E-state index is 0.568. The van der Waals surface area contributed by atoms with Gasteiger partial charge in [0.15, 0.2) is 10.9 Å². The van der Waals surface area contributed by atoms with Gasteiger partial charge >= 0.3 is 0 Å². The molecule has 0 radical (unpaired) electrons. The molecule has 1 N–H and O–H groups in total. The molecule has 0 saturated carbocycles.